The molecule has 0 aromatic heterocycles. The van der Waals surface area contributed by atoms with E-state index in [2.05, 4.69) is 77.7 Å². The lowest BCUT2D eigenvalue weighted by Crippen LogP contribution is -2.14. The monoisotopic (exact) mass is 340 g/mol. The smallest absolute Gasteiger partial charge is 0.0405 e. The van der Waals surface area contributed by atoms with Gasteiger partial charge in [-0.3, -0.25) is 0 Å². The van der Waals surface area contributed by atoms with E-state index in [1.807, 2.05) is 26.1 Å². The normalized spacial score (nSPS) is 11.3. The number of rotatable bonds is 5. The summed E-state index contributed by atoms with van der Waals surface area (Å²) in [5.74, 6) is 0. The Kier molecular flexibility index (Phi) is 5.33. The second-order valence-electron chi connectivity index (χ2n) is 6.52. The molecule has 0 atom stereocenters. The molecule has 0 fully saturated rings. The van der Waals surface area contributed by atoms with Crippen LogP contribution in [0.4, 0.5) is 5.69 Å². The number of hydrogen-bond acceptors (Lipinski definition) is 2. The molecule has 3 rings (SSSR count). The molecule has 0 unspecified atom stereocenters. The second-order valence-corrected chi connectivity index (χ2v) is 6.52. The van der Waals surface area contributed by atoms with Gasteiger partial charge < -0.3 is 10.3 Å². The van der Waals surface area contributed by atoms with Crippen LogP contribution in [-0.4, -0.2) is 12.8 Å². The molecule has 0 saturated heterocycles. The van der Waals surface area contributed by atoms with Crippen molar-refractivity contribution in [2.75, 3.05) is 11.9 Å². The first-order chi connectivity index (χ1) is 12.5. The summed E-state index contributed by atoms with van der Waals surface area (Å²) in [5.41, 5.74) is 7.60. The van der Waals surface area contributed by atoms with E-state index in [1.165, 1.54) is 22.3 Å². The molecule has 0 aliphatic rings. The van der Waals surface area contributed by atoms with Crippen LogP contribution in [0.2, 0.25) is 0 Å². The molecular formula is C24H24N2. The maximum absolute atomic E-state index is 7.60. The minimum Gasteiger partial charge on any atom is -0.348 e. The largest absolute Gasteiger partial charge is 0.348 e. The third-order valence-electron chi connectivity index (χ3n) is 4.53. The van der Waals surface area contributed by atoms with E-state index in [-0.39, 0.29) is 0 Å². The molecule has 0 bridgehead atoms. The van der Waals surface area contributed by atoms with Gasteiger partial charge in [-0.2, -0.15) is 0 Å². The summed E-state index contributed by atoms with van der Waals surface area (Å²) in [6.07, 6.45) is 1.87. The van der Waals surface area contributed by atoms with E-state index in [4.69, 9.17) is 5.41 Å². The van der Waals surface area contributed by atoms with Crippen LogP contribution >= 0.6 is 0 Å². The first-order valence-corrected chi connectivity index (χ1v) is 8.78. The van der Waals surface area contributed by atoms with Crippen molar-refractivity contribution in [1.82, 2.24) is 0 Å². The van der Waals surface area contributed by atoms with Gasteiger partial charge in [0, 0.05) is 24.1 Å². The molecule has 0 heterocycles. The molecule has 2 heteroatoms. The minimum atomic E-state index is 0.560. The summed E-state index contributed by atoms with van der Waals surface area (Å²) in [6, 6.07) is 27.7. The Labute approximate surface area is 155 Å². The van der Waals surface area contributed by atoms with Gasteiger partial charge in [0.15, 0.2) is 0 Å². The zero-order valence-corrected chi connectivity index (χ0v) is 15.5. The maximum Gasteiger partial charge on any atom is 0.0405 e. The highest BCUT2D eigenvalue weighted by Crippen LogP contribution is 2.27. The highest BCUT2D eigenvalue weighted by molar-refractivity contribution is 5.91. The van der Waals surface area contributed by atoms with E-state index in [0.29, 0.717) is 5.71 Å². The fourth-order valence-corrected chi connectivity index (χ4v) is 2.98. The van der Waals surface area contributed by atoms with Gasteiger partial charge in [-0.25, -0.2) is 0 Å². The number of allylic oxidation sites excluding steroid dienone is 2. The predicted octanol–water partition coefficient (Wildman–Crippen LogP) is 6.40. The standard InChI is InChI=1S/C24H24N2/c1-18(25)17-19(2)26(3)24-15-13-23(14-16-24)22-11-9-21(10-12-22)20-7-5-4-6-8-20/h4-17,25H,1-3H3/b19-17-,25-18?. The van der Waals surface area contributed by atoms with E-state index in [9.17, 15) is 0 Å². The molecule has 130 valence electrons. The van der Waals surface area contributed by atoms with E-state index in [1.54, 1.807) is 6.92 Å². The quantitative estimate of drug-likeness (QED) is 0.535. The van der Waals surface area contributed by atoms with Crippen LogP contribution in [0.3, 0.4) is 0 Å². The van der Waals surface area contributed by atoms with Crippen molar-refractivity contribution < 1.29 is 0 Å². The number of nitrogens with one attached hydrogen (secondary N) is 1. The summed E-state index contributed by atoms with van der Waals surface area (Å²) in [6.45, 7) is 3.81. The van der Waals surface area contributed by atoms with Gasteiger partial charge in [-0.15, -0.1) is 0 Å². The molecule has 0 radical (unpaired) electrons. The van der Waals surface area contributed by atoms with Gasteiger partial charge >= 0.3 is 0 Å². The summed E-state index contributed by atoms with van der Waals surface area (Å²) in [5, 5.41) is 7.60. The lowest BCUT2D eigenvalue weighted by atomic mass is 10.00. The van der Waals surface area contributed by atoms with Gasteiger partial charge in [-0.1, -0.05) is 66.7 Å². The van der Waals surface area contributed by atoms with Crippen molar-refractivity contribution in [3.05, 3.63) is 90.6 Å². The van der Waals surface area contributed by atoms with E-state index in [0.717, 1.165) is 11.4 Å². The van der Waals surface area contributed by atoms with Gasteiger partial charge in [0.1, 0.15) is 0 Å². The Balaban J connectivity index is 1.79. The third-order valence-corrected chi connectivity index (χ3v) is 4.53. The Bertz CT molecular complexity index is 905. The maximum atomic E-state index is 7.60. The van der Waals surface area contributed by atoms with Crippen LogP contribution in [0.5, 0.6) is 0 Å². The summed E-state index contributed by atoms with van der Waals surface area (Å²) < 4.78 is 0. The first-order valence-electron chi connectivity index (χ1n) is 8.78. The molecule has 2 nitrogen and oxygen atoms in total. The van der Waals surface area contributed by atoms with Crippen molar-refractivity contribution in [3.8, 4) is 22.3 Å². The molecule has 0 spiro atoms. The average molecular weight is 340 g/mol. The zero-order chi connectivity index (χ0) is 18.5. The van der Waals surface area contributed by atoms with Gasteiger partial charge in [0.25, 0.3) is 0 Å². The second kappa shape index (κ2) is 7.83. The summed E-state index contributed by atoms with van der Waals surface area (Å²) in [7, 11) is 2.03. The molecule has 3 aromatic carbocycles. The van der Waals surface area contributed by atoms with Gasteiger partial charge in [0.05, 0.1) is 0 Å². The van der Waals surface area contributed by atoms with Crippen molar-refractivity contribution in [2.24, 2.45) is 0 Å². The van der Waals surface area contributed by atoms with Crippen LogP contribution in [0.25, 0.3) is 22.3 Å². The lowest BCUT2D eigenvalue weighted by Gasteiger charge is -2.20. The number of benzene rings is 3. The molecule has 3 aromatic rings. The van der Waals surface area contributed by atoms with E-state index < -0.39 is 0 Å². The van der Waals surface area contributed by atoms with Crippen LogP contribution in [0, 0.1) is 5.41 Å². The van der Waals surface area contributed by atoms with Crippen molar-refractivity contribution in [2.45, 2.75) is 13.8 Å². The van der Waals surface area contributed by atoms with Crippen molar-refractivity contribution >= 4 is 11.4 Å². The minimum absolute atomic E-state index is 0.560. The third kappa shape index (κ3) is 4.09. The first kappa shape index (κ1) is 17.7. The molecule has 0 saturated carbocycles. The number of anilines is 1. The Morgan fingerprint density at radius 1 is 0.692 bits per heavy atom. The lowest BCUT2D eigenvalue weighted by molar-refractivity contribution is 1.09. The Morgan fingerprint density at radius 3 is 1.58 bits per heavy atom. The van der Waals surface area contributed by atoms with Gasteiger partial charge in [0.2, 0.25) is 0 Å². The molecule has 1 N–H and O–H groups in total. The number of nitrogens with zero attached hydrogens (tertiary/aromatic N) is 1. The summed E-state index contributed by atoms with van der Waals surface area (Å²) in [4.78, 5) is 2.10. The summed E-state index contributed by atoms with van der Waals surface area (Å²) >= 11 is 0. The number of hydrogen-bond donors (Lipinski definition) is 1. The predicted molar refractivity (Wildman–Crippen MR) is 113 cm³/mol. The highest BCUT2D eigenvalue weighted by Gasteiger charge is 2.05. The van der Waals surface area contributed by atoms with Crippen LogP contribution in [-0.2, 0) is 0 Å². The Morgan fingerprint density at radius 2 is 1.12 bits per heavy atom. The molecule has 0 aliphatic carbocycles. The SMILES string of the molecule is CC(=N)/C=C(/C)N(C)c1ccc(-c2ccc(-c3ccccc3)cc2)cc1. The topological polar surface area (TPSA) is 27.1 Å². The molecule has 0 amide bonds. The fraction of sp³-hybridized carbons (Fsp3) is 0.125. The van der Waals surface area contributed by atoms with Crippen molar-refractivity contribution in [1.29, 1.82) is 5.41 Å². The fourth-order valence-electron chi connectivity index (χ4n) is 2.98. The molecule has 0 aliphatic heterocycles. The van der Waals surface area contributed by atoms with Crippen LogP contribution < -0.4 is 4.90 Å². The van der Waals surface area contributed by atoms with Crippen LogP contribution in [0.1, 0.15) is 13.8 Å². The molecular weight excluding hydrogens is 316 g/mol. The Hall–Kier alpha value is -3.13. The van der Waals surface area contributed by atoms with E-state index >= 15 is 0 Å². The van der Waals surface area contributed by atoms with Gasteiger partial charge in [-0.05, 0) is 54.3 Å². The van der Waals surface area contributed by atoms with Crippen LogP contribution in [0.15, 0.2) is 90.6 Å². The highest BCUT2D eigenvalue weighted by atomic mass is 15.1. The average Bonchev–Trinajstić information content (AvgIpc) is 2.68. The zero-order valence-electron chi connectivity index (χ0n) is 15.5. The van der Waals surface area contributed by atoms with Crippen molar-refractivity contribution in [3.63, 3.8) is 0 Å². The molecule has 26 heavy (non-hydrogen) atoms.